The Morgan fingerprint density at radius 1 is 1.70 bits per heavy atom. The molecule has 0 saturated heterocycles. The molecule has 0 unspecified atom stereocenters. The van der Waals surface area contributed by atoms with E-state index in [1.807, 2.05) is 0 Å². The van der Waals surface area contributed by atoms with E-state index < -0.39 is 5.97 Å². The molecule has 52 valence electrons. The lowest BCUT2D eigenvalue weighted by Crippen LogP contribution is -2.01. The summed E-state index contributed by atoms with van der Waals surface area (Å²) in [7, 11) is 0. The molecule has 4 heteroatoms. The van der Waals surface area contributed by atoms with Crippen LogP contribution >= 0.6 is 0 Å². The van der Waals surface area contributed by atoms with Gasteiger partial charge in [0.05, 0.1) is 11.3 Å². The SMILES string of the molecule is Cc1ncncc1C(=O)O. The van der Waals surface area contributed by atoms with Gasteiger partial charge < -0.3 is 5.11 Å². The molecule has 10 heavy (non-hydrogen) atoms. The zero-order chi connectivity index (χ0) is 7.56. The van der Waals surface area contributed by atoms with Crippen LogP contribution in [-0.4, -0.2) is 21.0 Å². The Morgan fingerprint density at radius 2 is 2.40 bits per heavy atom. The summed E-state index contributed by atoms with van der Waals surface area (Å²) in [5.74, 6) is -0.988. The molecule has 0 saturated carbocycles. The molecule has 0 bridgehead atoms. The molecular weight excluding hydrogens is 132 g/mol. The minimum absolute atomic E-state index is 0.155. The molecule has 0 aliphatic rings. The molecule has 0 aliphatic carbocycles. The van der Waals surface area contributed by atoms with Gasteiger partial charge >= 0.3 is 5.97 Å². The molecule has 4 nitrogen and oxygen atoms in total. The fourth-order valence-electron chi connectivity index (χ4n) is 0.601. The summed E-state index contributed by atoms with van der Waals surface area (Å²) in [6.07, 6.45) is 2.60. The molecule has 0 aliphatic heterocycles. The molecule has 1 aromatic rings. The van der Waals surface area contributed by atoms with Gasteiger partial charge in [-0.3, -0.25) is 0 Å². The Bertz CT molecular complexity index is 260. The van der Waals surface area contributed by atoms with Crippen molar-refractivity contribution in [2.75, 3.05) is 0 Å². The van der Waals surface area contributed by atoms with Crippen LogP contribution in [0.3, 0.4) is 0 Å². The van der Waals surface area contributed by atoms with Gasteiger partial charge in [-0.25, -0.2) is 14.8 Å². The number of aromatic nitrogens is 2. The van der Waals surface area contributed by atoms with Gasteiger partial charge in [-0.1, -0.05) is 0 Å². The van der Waals surface area contributed by atoms with Gasteiger partial charge in [0.1, 0.15) is 6.33 Å². The first-order chi connectivity index (χ1) is 4.72. The van der Waals surface area contributed by atoms with Crippen molar-refractivity contribution in [3.8, 4) is 0 Å². The summed E-state index contributed by atoms with van der Waals surface area (Å²) >= 11 is 0. The monoisotopic (exact) mass is 138 g/mol. The number of hydrogen-bond donors (Lipinski definition) is 1. The van der Waals surface area contributed by atoms with Crippen molar-refractivity contribution < 1.29 is 9.90 Å². The summed E-state index contributed by atoms with van der Waals surface area (Å²) in [6.45, 7) is 1.63. The first-order valence-electron chi connectivity index (χ1n) is 2.71. The van der Waals surface area contributed by atoms with Crippen molar-refractivity contribution in [1.82, 2.24) is 9.97 Å². The largest absolute Gasteiger partial charge is 0.478 e. The Morgan fingerprint density at radius 3 is 2.80 bits per heavy atom. The zero-order valence-electron chi connectivity index (χ0n) is 5.40. The van der Waals surface area contributed by atoms with Crippen molar-refractivity contribution in [3.05, 3.63) is 23.8 Å². The second-order valence-electron chi connectivity index (χ2n) is 1.83. The molecule has 1 aromatic heterocycles. The minimum Gasteiger partial charge on any atom is -0.478 e. The third-order valence-corrected chi connectivity index (χ3v) is 1.14. The van der Waals surface area contributed by atoms with E-state index in [1.54, 1.807) is 6.92 Å². The van der Waals surface area contributed by atoms with Crippen LogP contribution in [0.5, 0.6) is 0 Å². The molecule has 1 rings (SSSR count). The normalized spacial score (nSPS) is 9.30. The lowest BCUT2D eigenvalue weighted by Gasteiger charge is -1.94. The Hall–Kier alpha value is -1.45. The molecule has 0 aromatic carbocycles. The van der Waals surface area contributed by atoms with Gasteiger partial charge in [0, 0.05) is 6.20 Å². The maximum Gasteiger partial charge on any atom is 0.339 e. The van der Waals surface area contributed by atoms with Crippen LogP contribution in [-0.2, 0) is 0 Å². The van der Waals surface area contributed by atoms with Gasteiger partial charge in [-0.15, -0.1) is 0 Å². The average molecular weight is 138 g/mol. The average Bonchev–Trinajstić information content (AvgIpc) is 1.88. The number of carbonyl (C=O) groups is 1. The predicted octanol–water partition coefficient (Wildman–Crippen LogP) is 0.483. The summed E-state index contributed by atoms with van der Waals surface area (Å²) in [6, 6.07) is 0. The highest BCUT2D eigenvalue weighted by Crippen LogP contribution is 1.99. The third kappa shape index (κ3) is 1.10. The van der Waals surface area contributed by atoms with Gasteiger partial charge in [-0.05, 0) is 6.92 Å². The van der Waals surface area contributed by atoms with Crippen LogP contribution in [0.2, 0.25) is 0 Å². The summed E-state index contributed by atoms with van der Waals surface area (Å²) in [4.78, 5) is 17.6. The van der Waals surface area contributed by atoms with Crippen LogP contribution in [0, 0.1) is 6.92 Å². The molecule has 0 atom stereocenters. The summed E-state index contributed by atoms with van der Waals surface area (Å²) in [5, 5.41) is 8.49. The molecule has 1 N–H and O–H groups in total. The number of hydrogen-bond acceptors (Lipinski definition) is 3. The fourth-order valence-corrected chi connectivity index (χ4v) is 0.601. The second-order valence-corrected chi connectivity index (χ2v) is 1.83. The van der Waals surface area contributed by atoms with Crippen molar-refractivity contribution >= 4 is 5.97 Å². The minimum atomic E-state index is -0.988. The van der Waals surface area contributed by atoms with E-state index in [2.05, 4.69) is 9.97 Å². The van der Waals surface area contributed by atoms with Gasteiger partial charge in [0.15, 0.2) is 0 Å². The number of carboxylic acids is 1. The van der Waals surface area contributed by atoms with Crippen LogP contribution in [0.15, 0.2) is 12.5 Å². The highest BCUT2D eigenvalue weighted by Gasteiger charge is 2.05. The standard InChI is InChI=1S/C6H6N2O2/c1-4-5(6(9)10)2-7-3-8-4/h2-3H,1H3,(H,9,10). The van der Waals surface area contributed by atoms with Crippen LogP contribution in [0.1, 0.15) is 16.1 Å². The topological polar surface area (TPSA) is 63.1 Å². The van der Waals surface area contributed by atoms with E-state index in [4.69, 9.17) is 5.11 Å². The van der Waals surface area contributed by atoms with Crippen LogP contribution in [0.4, 0.5) is 0 Å². The molecule has 1 heterocycles. The number of aromatic carboxylic acids is 1. The number of rotatable bonds is 1. The third-order valence-electron chi connectivity index (χ3n) is 1.14. The van der Waals surface area contributed by atoms with Gasteiger partial charge in [-0.2, -0.15) is 0 Å². The Balaban J connectivity index is 3.15. The van der Waals surface area contributed by atoms with E-state index >= 15 is 0 Å². The maximum absolute atomic E-state index is 10.3. The summed E-state index contributed by atoms with van der Waals surface area (Å²) < 4.78 is 0. The van der Waals surface area contributed by atoms with E-state index in [0.717, 1.165) is 0 Å². The zero-order valence-corrected chi connectivity index (χ0v) is 5.40. The van der Waals surface area contributed by atoms with E-state index in [9.17, 15) is 4.79 Å². The maximum atomic E-state index is 10.3. The quantitative estimate of drug-likeness (QED) is 0.613. The molecule has 0 fully saturated rings. The Kier molecular flexibility index (Phi) is 1.62. The summed E-state index contributed by atoms with van der Waals surface area (Å²) in [5.41, 5.74) is 0.644. The van der Waals surface area contributed by atoms with Crippen LogP contribution < -0.4 is 0 Å². The molecule has 0 amide bonds. The van der Waals surface area contributed by atoms with Gasteiger partial charge in [0.2, 0.25) is 0 Å². The van der Waals surface area contributed by atoms with E-state index in [1.165, 1.54) is 12.5 Å². The van der Waals surface area contributed by atoms with Crippen molar-refractivity contribution in [2.24, 2.45) is 0 Å². The van der Waals surface area contributed by atoms with Crippen molar-refractivity contribution in [2.45, 2.75) is 6.92 Å². The van der Waals surface area contributed by atoms with E-state index in [-0.39, 0.29) is 5.56 Å². The number of carboxylic acid groups (broad SMARTS) is 1. The molecular formula is C6H6N2O2. The first kappa shape index (κ1) is 6.67. The highest BCUT2D eigenvalue weighted by molar-refractivity contribution is 5.88. The number of aryl methyl sites for hydroxylation is 1. The predicted molar refractivity (Wildman–Crippen MR) is 33.7 cm³/mol. The lowest BCUT2D eigenvalue weighted by atomic mass is 10.2. The fraction of sp³-hybridized carbons (Fsp3) is 0.167. The smallest absolute Gasteiger partial charge is 0.339 e. The van der Waals surface area contributed by atoms with Crippen molar-refractivity contribution in [3.63, 3.8) is 0 Å². The Labute approximate surface area is 57.6 Å². The lowest BCUT2D eigenvalue weighted by molar-refractivity contribution is 0.0695. The second kappa shape index (κ2) is 2.43. The molecule has 0 spiro atoms. The van der Waals surface area contributed by atoms with Crippen molar-refractivity contribution in [1.29, 1.82) is 0 Å². The van der Waals surface area contributed by atoms with Crippen LogP contribution in [0.25, 0.3) is 0 Å². The first-order valence-corrected chi connectivity index (χ1v) is 2.71. The van der Waals surface area contributed by atoms with E-state index in [0.29, 0.717) is 5.69 Å². The highest BCUT2D eigenvalue weighted by atomic mass is 16.4. The molecule has 0 radical (unpaired) electrons. The number of nitrogens with zero attached hydrogens (tertiary/aromatic N) is 2. The van der Waals surface area contributed by atoms with Gasteiger partial charge in [0.25, 0.3) is 0 Å².